The van der Waals surface area contributed by atoms with Gasteiger partial charge in [0.2, 0.25) is 0 Å². The van der Waals surface area contributed by atoms with Crippen LogP contribution in [-0.4, -0.2) is 31.1 Å². The maximum Gasteiger partial charge on any atom is 0.00221 e. The summed E-state index contributed by atoms with van der Waals surface area (Å²) in [6, 6.07) is 8.97. The Bertz CT molecular complexity index is 422. The van der Waals surface area contributed by atoms with Crippen LogP contribution < -0.4 is 5.73 Å². The van der Waals surface area contributed by atoms with Gasteiger partial charge in [0.05, 0.1) is 0 Å². The largest absolute Gasteiger partial charge is 0.330 e. The fourth-order valence-electron chi connectivity index (χ4n) is 4.19. The summed E-state index contributed by atoms with van der Waals surface area (Å²) in [5.41, 5.74) is 9.71. The molecule has 1 heterocycles. The molecule has 1 saturated carbocycles. The van der Waals surface area contributed by atoms with Crippen molar-refractivity contribution >= 4 is 0 Å². The third kappa shape index (κ3) is 3.67. The van der Waals surface area contributed by atoms with Crippen molar-refractivity contribution in [2.45, 2.75) is 51.4 Å². The van der Waals surface area contributed by atoms with Crippen LogP contribution in [0.15, 0.2) is 24.3 Å². The minimum atomic E-state index is 0.456. The lowest BCUT2D eigenvalue weighted by molar-refractivity contribution is 0.148. The molecule has 21 heavy (non-hydrogen) atoms. The Hall–Kier alpha value is -0.860. The lowest BCUT2D eigenvalue weighted by atomic mass is 9.72. The molecule has 0 spiro atoms. The number of benzene rings is 1. The fraction of sp³-hybridized carbons (Fsp3) is 0.684. The third-order valence-electron chi connectivity index (χ3n) is 5.82. The Balaban J connectivity index is 1.54. The van der Waals surface area contributed by atoms with Gasteiger partial charge in [-0.3, -0.25) is 0 Å². The van der Waals surface area contributed by atoms with Crippen LogP contribution in [0.5, 0.6) is 0 Å². The SMILES string of the molecule is NCC1(CCN2CCc3ccccc3CC2)CCCCC1. The molecule has 0 bridgehead atoms. The van der Waals surface area contributed by atoms with Gasteiger partial charge in [-0.1, -0.05) is 43.5 Å². The first-order valence-electron chi connectivity index (χ1n) is 8.81. The van der Waals surface area contributed by atoms with Gasteiger partial charge in [-0.05, 0) is 61.7 Å². The second-order valence-electron chi connectivity index (χ2n) is 7.13. The summed E-state index contributed by atoms with van der Waals surface area (Å²) >= 11 is 0. The summed E-state index contributed by atoms with van der Waals surface area (Å²) in [4.78, 5) is 2.67. The van der Waals surface area contributed by atoms with E-state index in [0.29, 0.717) is 5.41 Å². The van der Waals surface area contributed by atoms with Crippen LogP contribution in [0.3, 0.4) is 0 Å². The van der Waals surface area contributed by atoms with E-state index in [1.807, 2.05) is 0 Å². The van der Waals surface area contributed by atoms with Crippen molar-refractivity contribution in [3.05, 3.63) is 35.4 Å². The molecule has 2 heteroatoms. The van der Waals surface area contributed by atoms with Crippen molar-refractivity contribution in [2.24, 2.45) is 11.1 Å². The Labute approximate surface area is 129 Å². The number of hydrogen-bond donors (Lipinski definition) is 1. The van der Waals surface area contributed by atoms with Crippen molar-refractivity contribution in [1.29, 1.82) is 0 Å². The van der Waals surface area contributed by atoms with Crippen LogP contribution in [0.25, 0.3) is 0 Å². The molecule has 0 unspecified atom stereocenters. The molecule has 1 aromatic rings. The molecule has 1 aliphatic heterocycles. The second-order valence-corrected chi connectivity index (χ2v) is 7.13. The Morgan fingerprint density at radius 2 is 1.57 bits per heavy atom. The fourth-order valence-corrected chi connectivity index (χ4v) is 4.19. The van der Waals surface area contributed by atoms with Crippen molar-refractivity contribution in [3.8, 4) is 0 Å². The monoisotopic (exact) mass is 286 g/mol. The number of rotatable bonds is 4. The topological polar surface area (TPSA) is 29.3 Å². The minimum Gasteiger partial charge on any atom is -0.330 e. The third-order valence-corrected chi connectivity index (χ3v) is 5.82. The van der Waals surface area contributed by atoms with Gasteiger partial charge in [-0.25, -0.2) is 0 Å². The zero-order valence-corrected chi connectivity index (χ0v) is 13.3. The average Bonchev–Trinajstić information content (AvgIpc) is 2.76. The van der Waals surface area contributed by atoms with Gasteiger partial charge in [-0.2, -0.15) is 0 Å². The van der Waals surface area contributed by atoms with Gasteiger partial charge >= 0.3 is 0 Å². The van der Waals surface area contributed by atoms with Gasteiger partial charge in [0, 0.05) is 13.1 Å². The standard InChI is InChI=1S/C19H30N2/c20-16-19(10-4-1-5-11-19)12-15-21-13-8-17-6-2-3-7-18(17)9-14-21/h2-3,6-7H,1,4-5,8-16,20H2. The maximum absolute atomic E-state index is 6.14. The van der Waals surface area contributed by atoms with Crippen LogP contribution in [0.4, 0.5) is 0 Å². The van der Waals surface area contributed by atoms with E-state index in [4.69, 9.17) is 5.73 Å². The van der Waals surface area contributed by atoms with Crippen LogP contribution in [-0.2, 0) is 12.8 Å². The van der Waals surface area contributed by atoms with Crippen molar-refractivity contribution in [3.63, 3.8) is 0 Å². The molecule has 0 aromatic heterocycles. The van der Waals surface area contributed by atoms with Crippen molar-refractivity contribution in [1.82, 2.24) is 4.90 Å². The first-order chi connectivity index (χ1) is 10.3. The molecule has 1 aliphatic carbocycles. The maximum atomic E-state index is 6.14. The molecule has 1 aromatic carbocycles. The molecule has 2 aliphatic rings. The molecule has 2 nitrogen and oxygen atoms in total. The van der Waals surface area contributed by atoms with Crippen molar-refractivity contribution in [2.75, 3.05) is 26.2 Å². The van der Waals surface area contributed by atoms with Crippen LogP contribution in [0.1, 0.15) is 49.7 Å². The number of nitrogens with two attached hydrogens (primary N) is 1. The van der Waals surface area contributed by atoms with E-state index in [-0.39, 0.29) is 0 Å². The molecule has 0 atom stereocenters. The highest BCUT2D eigenvalue weighted by Crippen LogP contribution is 2.38. The average molecular weight is 286 g/mol. The highest BCUT2D eigenvalue weighted by Gasteiger charge is 2.30. The summed E-state index contributed by atoms with van der Waals surface area (Å²) in [7, 11) is 0. The highest BCUT2D eigenvalue weighted by molar-refractivity contribution is 5.28. The number of nitrogens with zero attached hydrogens (tertiary/aromatic N) is 1. The number of hydrogen-bond acceptors (Lipinski definition) is 2. The Kier molecular flexibility index (Phi) is 4.97. The first kappa shape index (κ1) is 15.1. The van der Waals surface area contributed by atoms with E-state index in [9.17, 15) is 0 Å². The lowest BCUT2D eigenvalue weighted by Crippen LogP contribution is -2.38. The van der Waals surface area contributed by atoms with Crippen molar-refractivity contribution < 1.29 is 0 Å². The van der Waals surface area contributed by atoms with E-state index < -0.39 is 0 Å². The summed E-state index contributed by atoms with van der Waals surface area (Å²) in [6.07, 6.45) is 10.7. The molecular weight excluding hydrogens is 256 g/mol. The van der Waals surface area contributed by atoms with E-state index in [1.165, 1.54) is 71.0 Å². The quantitative estimate of drug-likeness (QED) is 0.919. The lowest BCUT2D eigenvalue weighted by Gasteiger charge is -2.38. The van der Waals surface area contributed by atoms with Crippen LogP contribution in [0, 0.1) is 5.41 Å². The second kappa shape index (κ2) is 6.93. The molecule has 0 radical (unpaired) electrons. The van der Waals surface area contributed by atoms with E-state index in [1.54, 1.807) is 11.1 Å². The zero-order valence-electron chi connectivity index (χ0n) is 13.3. The summed E-state index contributed by atoms with van der Waals surface area (Å²) in [6.45, 7) is 4.57. The zero-order chi connectivity index (χ0) is 14.5. The van der Waals surface area contributed by atoms with Gasteiger partial charge in [-0.15, -0.1) is 0 Å². The predicted molar refractivity (Wildman–Crippen MR) is 89.5 cm³/mol. The molecule has 0 saturated heterocycles. The Morgan fingerprint density at radius 1 is 0.952 bits per heavy atom. The molecule has 3 rings (SSSR count). The van der Waals surface area contributed by atoms with Gasteiger partial charge in [0.1, 0.15) is 0 Å². The van der Waals surface area contributed by atoms with E-state index in [2.05, 4.69) is 29.2 Å². The molecule has 0 amide bonds. The minimum absolute atomic E-state index is 0.456. The summed E-state index contributed by atoms with van der Waals surface area (Å²) in [5, 5.41) is 0. The van der Waals surface area contributed by atoms with Crippen LogP contribution in [0.2, 0.25) is 0 Å². The molecule has 2 N–H and O–H groups in total. The van der Waals surface area contributed by atoms with Gasteiger partial charge in [0.25, 0.3) is 0 Å². The summed E-state index contributed by atoms with van der Waals surface area (Å²) in [5.74, 6) is 0. The molecular formula is C19H30N2. The first-order valence-corrected chi connectivity index (χ1v) is 8.81. The molecule has 1 fully saturated rings. The number of fused-ring (bicyclic) bond motifs is 1. The molecule has 116 valence electrons. The summed E-state index contributed by atoms with van der Waals surface area (Å²) < 4.78 is 0. The smallest absolute Gasteiger partial charge is 0.00221 e. The van der Waals surface area contributed by atoms with Gasteiger partial charge < -0.3 is 10.6 Å². The van der Waals surface area contributed by atoms with Crippen LogP contribution >= 0.6 is 0 Å². The van der Waals surface area contributed by atoms with E-state index in [0.717, 1.165) is 6.54 Å². The predicted octanol–water partition coefficient (Wildman–Crippen LogP) is 3.39. The van der Waals surface area contributed by atoms with Gasteiger partial charge in [0.15, 0.2) is 0 Å². The Morgan fingerprint density at radius 3 is 2.14 bits per heavy atom. The highest BCUT2D eigenvalue weighted by atomic mass is 15.1. The normalized spacial score (nSPS) is 22.5. The van der Waals surface area contributed by atoms with E-state index >= 15 is 0 Å².